The van der Waals surface area contributed by atoms with Crippen LogP contribution in [-0.4, -0.2) is 0 Å². The van der Waals surface area contributed by atoms with Gasteiger partial charge in [0.2, 0.25) is 0 Å². The summed E-state index contributed by atoms with van der Waals surface area (Å²) in [6, 6.07) is 5.59. The predicted octanol–water partition coefficient (Wildman–Crippen LogP) is 3.42. The Hall–Kier alpha value is -0.520. The summed E-state index contributed by atoms with van der Waals surface area (Å²) in [4.78, 5) is 0. The predicted molar refractivity (Wildman–Crippen MR) is 53.5 cm³/mol. The van der Waals surface area contributed by atoms with Crippen molar-refractivity contribution >= 4 is 27.5 Å². The van der Waals surface area contributed by atoms with Crippen LogP contribution in [0, 0.1) is 18.3 Å². The molecule has 0 aromatic heterocycles. The summed E-state index contributed by atoms with van der Waals surface area (Å²) in [6.45, 7) is 1.94. The van der Waals surface area contributed by atoms with Gasteiger partial charge in [0.1, 0.15) is 0 Å². The number of hydrogen-bond donors (Lipinski definition) is 0. The molecule has 62 valence electrons. The fraction of sp³-hybridized carbons (Fsp3) is 0.222. The maximum absolute atomic E-state index is 8.65. The van der Waals surface area contributed by atoms with Gasteiger partial charge in [-0.15, -0.1) is 0 Å². The summed E-state index contributed by atoms with van der Waals surface area (Å²) in [6.07, 6.45) is 0. The van der Waals surface area contributed by atoms with E-state index in [1.165, 1.54) is 0 Å². The first-order chi connectivity index (χ1) is 5.69. The van der Waals surface area contributed by atoms with Crippen molar-refractivity contribution in [3.63, 3.8) is 0 Å². The van der Waals surface area contributed by atoms with Crippen molar-refractivity contribution < 1.29 is 0 Å². The Morgan fingerprint density at radius 3 is 2.75 bits per heavy atom. The highest BCUT2D eigenvalue weighted by Crippen LogP contribution is 2.22. The minimum absolute atomic E-state index is 0.611. The first-order valence-electron chi connectivity index (χ1n) is 3.44. The Labute approximate surface area is 85.1 Å². The number of alkyl halides is 1. The van der Waals surface area contributed by atoms with Gasteiger partial charge in [-0.05, 0) is 30.2 Å². The van der Waals surface area contributed by atoms with Gasteiger partial charge in [0.25, 0.3) is 0 Å². The summed E-state index contributed by atoms with van der Waals surface area (Å²) in [5, 5.41) is 10.0. The molecular weight excluding hydrogens is 237 g/mol. The monoisotopic (exact) mass is 243 g/mol. The van der Waals surface area contributed by atoms with Crippen LogP contribution in [-0.2, 0) is 5.33 Å². The number of benzene rings is 1. The van der Waals surface area contributed by atoms with E-state index in [0.29, 0.717) is 10.6 Å². The Bertz CT molecular complexity index is 341. The molecule has 0 aliphatic heterocycles. The number of hydrogen-bond acceptors (Lipinski definition) is 1. The topological polar surface area (TPSA) is 23.8 Å². The molecule has 0 heterocycles. The lowest BCUT2D eigenvalue weighted by Crippen LogP contribution is -1.87. The first-order valence-corrected chi connectivity index (χ1v) is 4.94. The zero-order valence-corrected chi connectivity index (χ0v) is 8.91. The Balaban J connectivity index is 3.31. The molecule has 1 nitrogen and oxygen atoms in total. The molecule has 0 saturated carbocycles. The van der Waals surface area contributed by atoms with Gasteiger partial charge in [-0.25, -0.2) is 0 Å². The van der Waals surface area contributed by atoms with E-state index in [4.69, 9.17) is 16.9 Å². The SMILES string of the molecule is Cc1c(Cl)cc(C#N)cc1CBr. The van der Waals surface area contributed by atoms with Crippen molar-refractivity contribution in [3.8, 4) is 6.07 Å². The molecule has 0 unspecified atom stereocenters. The van der Waals surface area contributed by atoms with E-state index in [9.17, 15) is 0 Å². The first kappa shape index (κ1) is 9.57. The lowest BCUT2D eigenvalue weighted by molar-refractivity contribution is 1.30. The summed E-state index contributed by atoms with van der Waals surface area (Å²) in [7, 11) is 0. The quantitative estimate of drug-likeness (QED) is 0.695. The van der Waals surface area contributed by atoms with E-state index >= 15 is 0 Å². The molecule has 0 radical (unpaired) electrons. The van der Waals surface area contributed by atoms with E-state index in [1.807, 2.05) is 13.0 Å². The smallest absolute Gasteiger partial charge is 0.0992 e. The fourth-order valence-corrected chi connectivity index (χ4v) is 1.76. The molecule has 1 aromatic rings. The molecule has 0 aliphatic rings. The van der Waals surface area contributed by atoms with Crippen LogP contribution in [0.3, 0.4) is 0 Å². The van der Waals surface area contributed by atoms with Gasteiger partial charge in [-0.2, -0.15) is 5.26 Å². The van der Waals surface area contributed by atoms with Gasteiger partial charge < -0.3 is 0 Å². The Morgan fingerprint density at radius 1 is 1.58 bits per heavy atom. The second-order valence-corrected chi connectivity index (χ2v) is 3.46. The summed E-state index contributed by atoms with van der Waals surface area (Å²) >= 11 is 9.24. The fourth-order valence-electron chi connectivity index (χ4n) is 0.939. The van der Waals surface area contributed by atoms with E-state index in [-0.39, 0.29) is 0 Å². The van der Waals surface area contributed by atoms with Crippen LogP contribution in [0.25, 0.3) is 0 Å². The Morgan fingerprint density at radius 2 is 2.25 bits per heavy atom. The number of halogens is 2. The molecule has 1 aromatic carbocycles. The maximum Gasteiger partial charge on any atom is 0.0992 e. The van der Waals surface area contributed by atoms with Crippen LogP contribution in [0.5, 0.6) is 0 Å². The van der Waals surface area contributed by atoms with Crippen LogP contribution in [0.4, 0.5) is 0 Å². The second kappa shape index (κ2) is 3.93. The van der Waals surface area contributed by atoms with Crippen LogP contribution in [0.1, 0.15) is 16.7 Å². The van der Waals surface area contributed by atoms with Crippen molar-refractivity contribution in [3.05, 3.63) is 33.8 Å². The number of nitriles is 1. The van der Waals surface area contributed by atoms with E-state index in [0.717, 1.165) is 16.5 Å². The molecule has 0 aliphatic carbocycles. The molecule has 0 atom stereocenters. The highest BCUT2D eigenvalue weighted by atomic mass is 79.9. The third-order valence-electron chi connectivity index (χ3n) is 1.72. The van der Waals surface area contributed by atoms with Gasteiger partial charge >= 0.3 is 0 Å². The Kier molecular flexibility index (Phi) is 3.13. The molecule has 1 rings (SSSR count). The lowest BCUT2D eigenvalue weighted by Gasteiger charge is -2.04. The summed E-state index contributed by atoms with van der Waals surface area (Å²) < 4.78 is 0. The zero-order valence-electron chi connectivity index (χ0n) is 6.56. The van der Waals surface area contributed by atoms with Gasteiger partial charge in [-0.1, -0.05) is 27.5 Å². The molecule has 3 heteroatoms. The largest absolute Gasteiger partial charge is 0.192 e. The maximum atomic E-state index is 8.65. The third-order valence-corrected chi connectivity index (χ3v) is 2.72. The lowest BCUT2D eigenvalue weighted by atomic mass is 10.1. The minimum atomic E-state index is 0.611. The number of nitrogens with zero attached hydrogens (tertiary/aromatic N) is 1. The molecule has 0 saturated heterocycles. The second-order valence-electron chi connectivity index (χ2n) is 2.49. The van der Waals surface area contributed by atoms with Crippen molar-refractivity contribution in [1.29, 1.82) is 5.26 Å². The van der Waals surface area contributed by atoms with E-state index in [1.54, 1.807) is 6.07 Å². The van der Waals surface area contributed by atoms with Gasteiger partial charge in [0, 0.05) is 10.4 Å². The molecule has 0 spiro atoms. The van der Waals surface area contributed by atoms with Crippen LogP contribution < -0.4 is 0 Å². The average molecular weight is 245 g/mol. The van der Waals surface area contributed by atoms with Gasteiger partial charge in [0.15, 0.2) is 0 Å². The standard InChI is InChI=1S/C9H7BrClN/c1-6-8(4-10)2-7(5-12)3-9(6)11/h2-3H,4H2,1H3. The summed E-state index contributed by atoms with van der Waals surface area (Å²) in [5.41, 5.74) is 2.71. The van der Waals surface area contributed by atoms with Crippen LogP contribution >= 0.6 is 27.5 Å². The minimum Gasteiger partial charge on any atom is -0.192 e. The van der Waals surface area contributed by atoms with E-state index in [2.05, 4.69) is 22.0 Å². The average Bonchev–Trinajstić information content (AvgIpc) is 2.09. The van der Waals surface area contributed by atoms with Crippen LogP contribution in [0.15, 0.2) is 12.1 Å². The highest BCUT2D eigenvalue weighted by molar-refractivity contribution is 9.08. The molecule has 0 N–H and O–H groups in total. The molecule has 0 fully saturated rings. The van der Waals surface area contributed by atoms with Crippen molar-refractivity contribution in [2.24, 2.45) is 0 Å². The molecular formula is C9H7BrClN. The van der Waals surface area contributed by atoms with Crippen LogP contribution in [0.2, 0.25) is 5.02 Å². The zero-order chi connectivity index (χ0) is 9.14. The van der Waals surface area contributed by atoms with E-state index < -0.39 is 0 Å². The highest BCUT2D eigenvalue weighted by Gasteiger charge is 2.03. The van der Waals surface area contributed by atoms with Crippen molar-refractivity contribution in [1.82, 2.24) is 0 Å². The third kappa shape index (κ3) is 1.80. The molecule has 12 heavy (non-hydrogen) atoms. The van der Waals surface area contributed by atoms with Crippen molar-refractivity contribution in [2.45, 2.75) is 12.3 Å². The molecule has 0 amide bonds. The number of rotatable bonds is 1. The summed E-state index contributed by atoms with van der Waals surface area (Å²) in [5.74, 6) is 0. The molecule has 0 bridgehead atoms. The normalized spacial score (nSPS) is 9.50. The van der Waals surface area contributed by atoms with Gasteiger partial charge in [0.05, 0.1) is 11.6 Å². The van der Waals surface area contributed by atoms with Crippen molar-refractivity contribution in [2.75, 3.05) is 0 Å². The van der Waals surface area contributed by atoms with Gasteiger partial charge in [-0.3, -0.25) is 0 Å².